The quantitative estimate of drug-likeness (QED) is 0.813. The molecule has 0 saturated heterocycles. The van der Waals surface area contributed by atoms with Gasteiger partial charge in [-0.3, -0.25) is 4.79 Å². The fraction of sp³-hybridized carbons (Fsp3) is 0.400. The first-order chi connectivity index (χ1) is 9.88. The van der Waals surface area contributed by atoms with Crippen LogP contribution in [0.1, 0.15) is 18.1 Å². The highest BCUT2D eigenvalue weighted by molar-refractivity contribution is 8.00. The van der Waals surface area contributed by atoms with Crippen molar-refractivity contribution in [3.63, 3.8) is 0 Å². The van der Waals surface area contributed by atoms with E-state index in [0.717, 1.165) is 5.56 Å². The third kappa shape index (κ3) is 3.64. The topological polar surface area (TPSA) is 59.2 Å². The standard InChI is InChI=1S/C15H19N3O2S/c1-9-6-7-12(8-10(9)2)13-16-17-15(20-13)21-11(3)14(19)18(4)5/h6-8,11H,1-5H3/t11-/m1/s1. The monoisotopic (exact) mass is 305 g/mol. The van der Waals surface area contributed by atoms with E-state index in [1.165, 1.54) is 22.9 Å². The van der Waals surface area contributed by atoms with Gasteiger partial charge in [-0.2, -0.15) is 0 Å². The first-order valence-corrected chi connectivity index (χ1v) is 7.55. The van der Waals surface area contributed by atoms with E-state index in [9.17, 15) is 4.79 Å². The summed E-state index contributed by atoms with van der Waals surface area (Å²) in [4.78, 5) is 13.4. The van der Waals surface area contributed by atoms with Gasteiger partial charge in [-0.05, 0) is 44.0 Å². The third-order valence-corrected chi connectivity index (χ3v) is 4.15. The normalized spacial score (nSPS) is 12.2. The Morgan fingerprint density at radius 1 is 1.24 bits per heavy atom. The average molecular weight is 305 g/mol. The molecule has 1 amide bonds. The van der Waals surface area contributed by atoms with Gasteiger partial charge in [0.2, 0.25) is 11.8 Å². The van der Waals surface area contributed by atoms with Crippen molar-refractivity contribution in [3.05, 3.63) is 29.3 Å². The summed E-state index contributed by atoms with van der Waals surface area (Å²) in [6, 6.07) is 6.00. The number of aryl methyl sites for hydroxylation is 2. The van der Waals surface area contributed by atoms with Crippen molar-refractivity contribution >= 4 is 17.7 Å². The number of rotatable bonds is 4. The van der Waals surface area contributed by atoms with Crippen LogP contribution in [0, 0.1) is 13.8 Å². The summed E-state index contributed by atoms with van der Waals surface area (Å²) in [6.07, 6.45) is 0. The maximum Gasteiger partial charge on any atom is 0.277 e. The lowest BCUT2D eigenvalue weighted by Gasteiger charge is -2.14. The molecule has 0 aliphatic heterocycles. The molecule has 21 heavy (non-hydrogen) atoms. The number of aromatic nitrogens is 2. The number of amides is 1. The number of hydrogen-bond acceptors (Lipinski definition) is 5. The van der Waals surface area contributed by atoms with Crippen LogP contribution in [-0.2, 0) is 4.79 Å². The predicted molar refractivity (Wildman–Crippen MR) is 83.2 cm³/mol. The van der Waals surface area contributed by atoms with E-state index in [4.69, 9.17) is 4.42 Å². The molecule has 0 fully saturated rings. The van der Waals surface area contributed by atoms with Crippen LogP contribution in [0.2, 0.25) is 0 Å². The molecule has 0 unspecified atom stereocenters. The molecule has 0 saturated carbocycles. The van der Waals surface area contributed by atoms with E-state index in [0.29, 0.717) is 11.1 Å². The third-order valence-electron chi connectivity index (χ3n) is 3.23. The number of thioether (sulfide) groups is 1. The smallest absolute Gasteiger partial charge is 0.277 e. The number of hydrogen-bond donors (Lipinski definition) is 0. The van der Waals surface area contributed by atoms with Gasteiger partial charge >= 0.3 is 0 Å². The zero-order chi connectivity index (χ0) is 15.6. The van der Waals surface area contributed by atoms with E-state index in [1.54, 1.807) is 19.0 Å². The van der Waals surface area contributed by atoms with Gasteiger partial charge in [0.25, 0.3) is 5.22 Å². The molecule has 1 heterocycles. The Kier molecular flexibility index (Phi) is 4.67. The molecule has 0 spiro atoms. The van der Waals surface area contributed by atoms with Crippen LogP contribution >= 0.6 is 11.8 Å². The van der Waals surface area contributed by atoms with Crippen LogP contribution in [0.4, 0.5) is 0 Å². The van der Waals surface area contributed by atoms with Gasteiger partial charge in [0, 0.05) is 19.7 Å². The minimum Gasteiger partial charge on any atom is -0.411 e. The van der Waals surface area contributed by atoms with Crippen LogP contribution in [0.15, 0.2) is 27.8 Å². The van der Waals surface area contributed by atoms with Crippen molar-refractivity contribution in [1.29, 1.82) is 0 Å². The number of carbonyl (C=O) groups excluding carboxylic acids is 1. The zero-order valence-electron chi connectivity index (χ0n) is 12.9. The van der Waals surface area contributed by atoms with Crippen molar-refractivity contribution < 1.29 is 9.21 Å². The van der Waals surface area contributed by atoms with Crippen LogP contribution in [0.25, 0.3) is 11.5 Å². The molecule has 0 radical (unpaired) electrons. The molecule has 1 aromatic heterocycles. The number of carbonyl (C=O) groups is 1. The maximum atomic E-state index is 11.8. The Morgan fingerprint density at radius 3 is 2.57 bits per heavy atom. The van der Waals surface area contributed by atoms with E-state index < -0.39 is 0 Å². The van der Waals surface area contributed by atoms with Gasteiger partial charge in [-0.1, -0.05) is 17.8 Å². The first kappa shape index (κ1) is 15.6. The van der Waals surface area contributed by atoms with Gasteiger partial charge in [-0.25, -0.2) is 0 Å². The van der Waals surface area contributed by atoms with Crippen molar-refractivity contribution in [2.75, 3.05) is 14.1 Å². The molecule has 5 nitrogen and oxygen atoms in total. The summed E-state index contributed by atoms with van der Waals surface area (Å²) in [7, 11) is 3.46. The van der Waals surface area contributed by atoms with Gasteiger partial charge < -0.3 is 9.32 Å². The first-order valence-electron chi connectivity index (χ1n) is 6.67. The zero-order valence-corrected chi connectivity index (χ0v) is 13.7. The molecular formula is C15H19N3O2S. The second kappa shape index (κ2) is 6.30. The fourth-order valence-corrected chi connectivity index (χ4v) is 2.64. The van der Waals surface area contributed by atoms with E-state index in [-0.39, 0.29) is 11.2 Å². The Hall–Kier alpha value is -1.82. The Bertz CT molecular complexity index is 652. The molecule has 1 atom stereocenters. The largest absolute Gasteiger partial charge is 0.411 e. The van der Waals surface area contributed by atoms with Crippen LogP contribution < -0.4 is 0 Å². The average Bonchev–Trinajstić information content (AvgIpc) is 2.89. The van der Waals surface area contributed by atoms with Gasteiger partial charge in [-0.15, -0.1) is 10.2 Å². The summed E-state index contributed by atoms with van der Waals surface area (Å²) in [6.45, 7) is 5.93. The summed E-state index contributed by atoms with van der Waals surface area (Å²) < 4.78 is 5.64. The molecular weight excluding hydrogens is 286 g/mol. The van der Waals surface area contributed by atoms with Gasteiger partial charge in [0.15, 0.2) is 0 Å². The van der Waals surface area contributed by atoms with Crippen molar-refractivity contribution in [3.8, 4) is 11.5 Å². The minimum absolute atomic E-state index is 0.0194. The predicted octanol–water partition coefficient (Wildman–Crippen LogP) is 2.92. The Labute approximate surface area is 128 Å². The van der Waals surface area contributed by atoms with Gasteiger partial charge in [0.1, 0.15) is 0 Å². The maximum absolute atomic E-state index is 11.8. The molecule has 1 aromatic carbocycles. The lowest BCUT2D eigenvalue weighted by atomic mass is 10.1. The molecule has 112 valence electrons. The molecule has 0 bridgehead atoms. The van der Waals surface area contributed by atoms with Crippen molar-refractivity contribution in [2.45, 2.75) is 31.2 Å². The van der Waals surface area contributed by atoms with Crippen molar-refractivity contribution in [1.82, 2.24) is 15.1 Å². The van der Waals surface area contributed by atoms with E-state index in [2.05, 4.69) is 17.1 Å². The molecule has 6 heteroatoms. The van der Waals surface area contributed by atoms with Crippen LogP contribution in [-0.4, -0.2) is 40.3 Å². The van der Waals surface area contributed by atoms with Crippen LogP contribution in [0.5, 0.6) is 0 Å². The molecule has 0 aliphatic rings. The minimum atomic E-state index is -0.256. The second-order valence-corrected chi connectivity index (χ2v) is 6.46. The SMILES string of the molecule is Cc1ccc(-c2nnc(S[C@H](C)C(=O)N(C)C)o2)cc1C. The van der Waals surface area contributed by atoms with Crippen molar-refractivity contribution in [2.24, 2.45) is 0 Å². The summed E-state index contributed by atoms with van der Waals surface area (Å²) in [5.41, 5.74) is 3.29. The second-order valence-electron chi connectivity index (χ2n) is 5.16. The van der Waals surface area contributed by atoms with E-state index in [1.807, 2.05) is 32.0 Å². The molecule has 0 N–H and O–H groups in total. The summed E-state index contributed by atoms with van der Waals surface area (Å²) in [5, 5.41) is 8.21. The Morgan fingerprint density at radius 2 is 1.95 bits per heavy atom. The molecule has 2 rings (SSSR count). The number of nitrogens with zero attached hydrogens (tertiary/aromatic N) is 3. The summed E-state index contributed by atoms with van der Waals surface area (Å²) >= 11 is 1.27. The van der Waals surface area contributed by atoms with E-state index >= 15 is 0 Å². The highest BCUT2D eigenvalue weighted by Crippen LogP contribution is 2.27. The lowest BCUT2D eigenvalue weighted by molar-refractivity contribution is -0.127. The molecule has 0 aliphatic carbocycles. The highest BCUT2D eigenvalue weighted by atomic mass is 32.2. The highest BCUT2D eigenvalue weighted by Gasteiger charge is 2.20. The van der Waals surface area contributed by atoms with Gasteiger partial charge in [0.05, 0.1) is 5.25 Å². The molecule has 2 aromatic rings. The lowest BCUT2D eigenvalue weighted by Crippen LogP contribution is -2.29. The summed E-state index contributed by atoms with van der Waals surface area (Å²) in [5.74, 6) is 0.496. The number of benzene rings is 1. The van der Waals surface area contributed by atoms with Crippen LogP contribution in [0.3, 0.4) is 0 Å². The Balaban J connectivity index is 2.14. The fourth-order valence-electron chi connectivity index (χ4n) is 1.81.